The van der Waals surface area contributed by atoms with Crippen LogP contribution in [0.5, 0.6) is 0 Å². The van der Waals surface area contributed by atoms with Gasteiger partial charge in [-0.1, -0.05) is 23.2 Å². The Morgan fingerprint density at radius 2 is 1.64 bits per heavy atom. The highest BCUT2D eigenvalue weighted by molar-refractivity contribution is 6.44. The first-order chi connectivity index (χ1) is 6.45. The number of halogens is 2. The Balaban J connectivity index is 3.53. The average Bonchev–Trinajstić information content (AvgIpc) is 2.08. The molecule has 6 heteroatoms. The van der Waals surface area contributed by atoms with Crippen LogP contribution in [0.15, 0.2) is 12.1 Å². The lowest BCUT2D eigenvalue weighted by atomic mass is 10.1. The molecule has 1 aromatic carbocycles. The molecular weight excluding hydrogens is 227 g/mol. The minimum atomic E-state index is -0.841. The first kappa shape index (κ1) is 10.8. The van der Waals surface area contributed by atoms with E-state index in [1.165, 1.54) is 12.1 Å². The van der Waals surface area contributed by atoms with Crippen molar-refractivity contribution < 1.29 is 9.59 Å². The van der Waals surface area contributed by atoms with E-state index in [4.69, 9.17) is 34.7 Å². The van der Waals surface area contributed by atoms with Gasteiger partial charge in [-0.15, -0.1) is 0 Å². The highest BCUT2D eigenvalue weighted by atomic mass is 35.5. The lowest BCUT2D eigenvalue weighted by molar-refractivity contribution is 0.0967. The summed E-state index contributed by atoms with van der Waals surface area (Å²) in [5, 5.41) is 0.0842. The van der Waals surface area contributed by atoms with Crippen LogP contribution in [0.25, 0.3) is 0 Å². The number of carbonyl (C=O) groups is 2. The van der Waals surface area contributed by atoms with Crippen molar-refractivity contribution in [1.29, 1.82) is 0 Å². The third-order valence-electron chi connectivity index (χ3n) is 1.61. The fraction of sp³-hybridized carbons (Fsp3) is 0. The van der Waals surface area contributed by atoms with Crippen LogP contribution in [0, 0.1) is 0 Å². The van der Waals surface area contributed by atoms with E-state index in [9.17, 15) is 9.59 Å². The van der Waals surface area contributed by atoms with E-state index in [0.29, 0.717) is 0 Å². The Morgan fingerprint density at radius 1 is 1.07 bits per heavy atom. The number of nitrogens with two attached hydrogens (primary N) is 2. The Labute approximate surface area is 89.8 Å². The maximum atomic E-state index is 11.0. The fourth-order valence-electron chi connectivity index (χ4n) is 0.997. The minimum Gasteiger partial charge on any atom is -0.366 e. The number of hydrogen-bond acceptors (Lipinski definition) is 2. The van der Waals surface area contributed by atoms with Crippen molar-refractivity contribution in [3.05, 3.63) is 33.3 Å². The summed E-state index contributed by atoms with van der Waals surface area (Å²) in [7, 11) is 0. The highest BCUT2D eigenvalue weighted by Crippen LogP contribution is 2.28. The molecule has 0 saturated heterocycles. The zero-order valence-corrected chi connectivity index (χ0v) is 8.39. The van der Waals surface area contributed by atoms with Crippen molar-refractivity contribution in [2.45, 2.75) is 0 Å². The van der Waals surface area contributed by atoms with Crippen LogP contribution >= 0.6 is 23.2 Å². The maximum absolute atomic E-state index is 11.0. The Morgan fingerprint density at radius 3 is 2.07 bits per heavy atom. The third kappa shape index (κ3) is 1.81. The van der Waals surface area contributed by atoms with Gasteiger partial charge in [0, 0.05) is 0 Å². The van der Waals surface area contributed by atoms with Gasteiger partial charge in [0.25, 0.3) is 5.91 Å². The average molecular weight is 233 g/mol. The molecule has 4 nitrogen and oxygen atoms in total. The molecule has 74 valence electrons. The summed E-state index contributed by atoms with van der Waals surface area (Å²) < 4.78 is 0. The van der Waals surface area contributed by atoms with Gasteiger partial charge in [0.1, 0.15) is 0 Å². The van der Waals surface area contributed by atoms with Gasteiger partial charge in [-0.2, -0.15) is 0 Å². The Hall–Kier alpha value is -1.26. The van der Waals surface area contributed by atoms with Gasteiger partial charge in [-0.05, 0) is 12.1 Å². The first-order valence-electron chi connectivity index (χ1n) is 3.52. The molecule has 4 N–H and O–H groups in total. The first-order valence-corrected chi connectivity index (χ1v) is 4.28. The van der Waals surface area contributed by atoms with Crippen molar-refractivity contribution in [1.82, 2.24) is 0 Å². The summed E-state index contributed by atoms with van der Waals surface area (Å²) in [5.41, 5.74) is 9.87. The number of amides is 2. The largest absolute Gasteiger partial charge is 0.366 e. The molecule has 0 unspecified atom stereocenters. The summed E-state index contributed by atoms with van der Waals surface area (Å²) in [6.45, 7) is 0. The molecule has 0 spiro atoms. The second-order valence-corrected chi connectivity index (χ2v) is 3.30. The summed E-state index contributed by atoms with van der Waals surface area (Å²) in [4.78, 5) is 21.9. The van der Waals surface area contributed by atoms with Gasteiger partial charge in [-0.3, -0.25) is 9.59 Å². The molecule has 1 rings (SSSR count). The quantitative estimate of drug-likeness (QED) is 0.803. The summed E-state index contributed by atoms with van der Waals surface area (Å²) in [6, 6.07) is 2.67. The molecule has 0 aliphatic carbocycles. The monoisotopic (exact) mass is 232 g/mol. The second kappa shape index (κ2) is 3.86. The summed E-state index contributed by atoms with van der Waals surface area (Å²) >= 11 is 11.3. The predicted octanol–water partition coefficient (Wildman–Crippen LogP) is 1.19. The van der Waals surface area contributed by atoms with Crippen molar-refractivity contribution >= 4 is 35.0 Å². The normalized spacial score (nSPS) is 9.86. The van der Waals surface area contributed by atoms with E-state index in [1.54, 1.807) is 0 Å². The van der Waals surface area contributed by atoms with Gasteiger partial charge in [0.15, 0.2) is 0 Å². The van der Waals surface area contributed by atoms with E-state index in [-0.39, 0.29) is 21.2 Å². The van der Waals surface area contributed by atoms with Gasteiger partial charge in [0.2, 0.25) is 5.91 Å². The molecule has 0 heterocycles. The molecule has 0 aliphatic heterocycles. The van der Waals surface area contributed by atoms with Gasteiger partial charge in [0.05, 0.1) is 21.2 Å². The minimum absolute atomic E-state index is 0.0353. The van der Waals surface area contributed by atoms with E-state index in [0.717, 1.165) is 0 Å². The van der Waals surface area contributed by atoms with Crippen LogP contribution in [0.1, 0.15) is 20.7 Å². The van der Waals surface area contributed by atoms with Crippen molar-refractivity contribution in [2.75, 3.05) is 0 Å². The molecule has 0 atom stereocenters. The van der Waals surface area contributed by atoms with Crippen LogP contribution in [0.2, 0.25) is 10.0 Å². The second-order valence-electron chi connectivity index (χ2n) is 2.51. The number of carbonyl (C=O) groups excluding carboxylic acids is 2. The lowest BCUT2D eigenvalue weighted by Crippen LogP contribution is -2.21. The van der Waals surface area contributed by atoms with Crippen LogP contribution < -0.4 is 11.5 Å². The van der Waals surface area contributed by atoms with Gasteiger partial charge < -0.3 is 11.5 Å². The topological polar surface area (TPSA) is 86.2 Å². The molecule has 0 aromatic heterocycles. The molecule has 0 aliphatic rings. The zero-order chi connectivity index (χ0) is 10.9. The number of benzene rings is 1. The summed E-state index contributed by atoms with van der Waals surface area (Å²) in [5.74, 6) is -1.62. The molecule has 14 heavy (non-hydrogen) atoms. The molecule has 0 fully saturated rings. The Bertz CT molecular complexity index is 418. The molecular formula is C8H6Cl2N2O2. The van der Waals surface area contributed by atoms with Crippen molar-refractivity contribution in [3.63, 3.8) is 0 Å². The predicted molar refractivity (Wildman–Crippen MR) is 53.5 cm³/mol. The third-order valence-corrected chi connectivity index (χ3v) is 2.41. The fourth-order valence-corrected chi connectivity index (χ4v) is 1.41. The standard InChI is InChI=1S/C8H6Cl2N2O2/c9-4-2-1-3(7(11)13)5(6(4)10)8(12)14/h1-2H,(H2,11,13)(H2,12,14). The van der Waals surface area contributed by atoms with E-state index >= 15 is 0 Å². The lowest BCUT2D eigenvalue weighted by Gasteiger charge is -2.06. The van der Waals surface area contributed by atoms with Gasteiger partial charge in [-0.25, -0.2) is 0 Å². The van der Waals surface area contributed by atoms with E-state index in [1.807, 2.05) is 0 Å². The molecule has 1 aromatic rings. The highest BCUT2D eigenvalue weighted by Gasteiger charge is 2.18. The van der Waals surface area contributed by atoms with Crippen molar-refractivity contribution in [3.8, 4) is 0 Å². The van der Waals surface area contributed by atoms with Gasteiger partial charge >= 0.3 is 0 Å². The van der Waals surface area contributed by atoms with Crippen LogP contribution in [0.4, 0.5) is 0 Å². The van der Waals surface area contributed by atoms with E-state index in [2.05, 4.69) is 0 Å². The van der Waals surface area contributed by atoms with E-state index < -0.39 is 11.8 Å². The molecule has 0 bridgehead atoms. The Kier molecular flexibility index (Phi) is 2.98. The molecule has 2 amide bonds. The maximum Gasteiger partial charge on any atom is 0.251 e. The number of hydrogen-bond donors (Lipinski definition) is 2. The SMILES string of the molecule is NC(=O)c1ccc(Cl)c(Cl)c1C(N)=O. The summed E-state index contributed by atoms with van der Waals surface area (Å²) in [6.07, 6.45) is 0. The van der Waals surface area contributed by atoms with Crippen LogP contribution in [-0.2, 0) is 0 Å². The smallest absolute Gasteiger partial charge is 0.251 e. The molecule has 0 radical (unpaired) electrons. The molecule has 0 saturated carbocycles. The van der Waals surface area contributed by atoms with Crippen LogP contribution in [0.3, 0.4) is 0 Å². The zero-order valence-electron chi connectivity index (χ0n) is 6.88. The number of rotatable bonds is 2. The van der Waals surface area contributed by atoms with Crippen LogP contribution in [-0.4, -0.2) is 11.8 Å². The van der Waals surface area contributed by atoms with Crippen molar-refractivity contribution in [2.24, 2.45) is 11.5 Å². The number of primary amides is 2.